The first-order valence-electron chi connectivity index (χ1n) is 7.21. The number of carbonyl (C=O) groups excluding carboxylic acids is 1. The number of carbonyl (C=O) groups is 1. The van der Waals surface area contributed by atoms with Gasteiger partial charge in [-0.15, -0.1) is 5.10 Å². The topological polar surface area (TPSA) is 81.9 Å². The van der Waals surface area contributed by atoms with Crippen molar-refractivity contribution in [3.05, 3.63) is 29.8 Å². The molecule has 23 heavy (non-hydrogen) atoms. The third-order valence-electron chi connectivity index (χ3n) is 3.06. The second kappa shape index (κ2) is 7.45. The van der Waals surface area contributed by atoms with Crippen molar-refractivity contribution >= 4 is 17.7 Å². The van der Waals surface area contributed by atoms with Crippen LogP contribution >= 0.6 is 11.8 Å². The highest BCUT2D eigenvalue weighted by Gasteiger charge is 2.20. The summed E-state index contributed by atoms with van der Waals surface area (Å²) in [5.74, 6) is 1.01. The zero-order valence-corrected chi connectivity index (χ0v) is 14.6. The monoisotopic (exact) mass is 335 g/mol. The highest BCUT2D eigenvalue weighted by molar-refractivity contribution is 7.99. The molecule has 8 heteroatoms. The van der Waals surface area contributed by atoms with E-state index < -0.39 is 0 Å². The Morgan fingerprint density at radius 2 is 2.00 bits per heavy atom. The van der Waals surface area contributed by atoms with Gasteiger partial charge in [-0.1, -0.05) is 23.9 Å². The van der Waals surface area contributed by atoms with Gasteiger partial charge in [0.15, 0.2) is 0 Å². The molecule has 0 saturated carbocycles. The lowest BCUT2D eigenvalue weighted by Gasteiger charge is -2.19. The zero-order chi connectivity index (χ0) is 16.9. The van der Waals surface area contributed by atoms with E-state index in [0.717, 1.165) is 11.3 Å². The fourth-order valence-corrected chi connectivity index (χ4v) is 2.70. The molecule has 1 N–H and O–H groups in total. The summed E-state index contributed by atoms with van der Waals surface area (Å²) in [4.78, 5) is 12.0. The summed E-state index contributed by atoms with van der Waals surface area (Å²) in [7, 11) is 1.62. The van der Waals surface area contributed by atoms with Crippen LogP contribution in [0.3, 0.4) is 0 Å². The lowest BCUT2D eigenvalue weighted by molar-refractivity contribution is -0.118. The summed E-state index contributed by atoms with van der Waals surface area (Å²) in [5, 5.41) is 15.1. The first-order chi connectivity index (χ1) is 10.9. The molecule has 2 rings (SSSR count). The molecule has 2 aromatic rings. The average molecular weight is 335 g/mol. The van der Waals surface area contributed by atoms with Gasteiger partial charge in [-0.2, -0.15) is 0 Å². The first kappa shape index (κ1) is 17.3. The number of amides is 1. The molecule has 0 saturated heterocycles. The van der Waals surface area contributed by atoms with E-state index in [-0.39, 0.29) is 17.2 Å². The molecule has 0 aliphatic heterocycles. The van der Waals surface area contributed by atoms with Crippen LogP contribution in [0.4, 0.5) is 0 Å². The van der Waals surface area contributed by atoms with E-state index in [2.05, 4.69) is 20.8 Å². The molecule has 0 radical (unpaired) electrons. The predicted octanol–water partition coefficient (Wildman–Crippen LogP) is 1.85. The maximum absolute atomic E-state index is 12.0. The van der Waals surface area contributed by atoms with Gasteiger partial charge in [0.25, 0.3) is 0 Å². The van der Waals surface area contributed by atoms with E-state index in [1.54, 1.807) is 11.8 Å². The van der Waals surface area contributed by atoms with Crippen LogP contribution in [0.15, 0.2) is 29.4 Å². The number of rotatable bonds is 6. The summed E-state index contributed by atoms with van der Waals surface area (Å²) in [6.45, 7) is 6.51. The minimum Gasteiger partial charge on any atom is -0.497 e. The van der Waals surface area contributed by atoms with Gasteiger partial charge >= 0.3 is 0 Å². The second-order valence-corrected chi connectivity index (χ2v) is 6.90. The van der Waals surface area contributed by atoms with E-state index in [4.69, 9.17) is 4.74 Å². The zero-order valence-electron chi connectivity index (χ0n) is 13.7. The van der Waals surface area contributed by atoms with Crippen molar-refractivity contribution in [1.82, 2.24) is 25.5 Å². The second-order valence-electron chi connectivity index (χ2n) is 5.96. The summed E-state index contributed by atoms with van der Waals surface area (Å²) in [6.07, 6.45) is 0. The fraction of sp³-hybridized carbons (Fsp3) is 0.467. The molecule has 1 amide bonds. The van der Waals surface area contributed by atoms with E-state index >= 15 is 0 Å². The largest absolute Gasteiger partial charge is 0.497 e. The molecule has 0 aliphatic carbocycles. The van der Waals surface area contributed by atoms with Crippen LogP contribution in [0, 0.1) is 0 Å². The van der Waals surface area contributed by atoms with Gasteiger partial charge in [0, 0.05) is 6.54 Å². The first-order valence-corrected chi connectivity index (χ1v) is 8.20. The molecule has 0 unspecified atom stereocenters. The number of hydrogen-bond donors (Lipinski definition) is 1. The third-order valence-corrected chi connectivity index (χ3v) is 3.98. The lowest BCUT2D eigenvalue weighted by Crippen LogP contribution is -2.26. The van der Waals surface area contributed by atoms with Crippen LogP contribution in [-0.4, -0.2) is 39.0 Å². The summed E-state index contributed by atoms with van der Waals surface area (Å²) in [6, 6.07) is 7.58. The molecule has 124 valence electrons. The van der Waals surface area contributed by atoms with Crippen LogP contribution in [0.2, 0.25) is 0 Å². The molecule has 0 spiro atoms. The molecular formula is C15H21N5O2S. The molecule has 0 bridgehead atoms. The SMILES string of the molecule is COc1ccc(CNC(=O)CSc2nnnn2C(C)(C)C)cc1. The summed E-state index contributed by atoms with van der Waals surface area (Å²) in [5.41, 5.74) is 0.800. The number of benzene rings is 1. The molecule has 0 aliphatic rings. The van der Waals surface area contributed by atoms with E-state index in [0.29, 0.717) is 11.7 Å². The van der Waals surface area contributed by atoms with Gasteiger partial charge < -0.3 is 10.1 Å². The molecular weight excluding hydrogens is 314 g/mol. The fourth-order valence-electron chi connectivity index (χ4n) is 1.82. The van der Waals surface area contributed by atoms with Gasteiger partial charge in [0.1, 0.15) is 5.75 Å². The van der Waals surface area contributed by atoms with Crippen LogP contribution in [0.5, 0.6) is 5.75 Å². The lowest BCUT2D eigenvalue weighted by atomic mass is 10.1. The van der Waals surface area contributed by atoms with Crippen molar-refractivity contribution in [3.63, 3.8) is 0 Å². The number of ether oxygens (including phenoxy) is 1. The number of nitrogens with zero attached hydrogens (tertiary/aromatic N) is 4. The van der Waals surface area contributed by atoms with Gasteiger partial charge in [-0.05, 0) is 48.9 Å². The Morgan fingerprint density at radius 1 is 1.30 bits per heavy atom. The number of aromatic nitrogens is 4. The van der Waals surface area contributed by atoms with E-state index in [9.17, 15) is 4.79 Å². The maximum Gasteiger partial charge on any atom is 0.230 e. The van der Waals surface area contributed by atoms with Crippen molar-refractivity contribution in [2.75, 3.05) is 12.9 Å². The molecule has 0 atom stereocenters. The minimum atomic E-state index is -0.217. The predicted molar refractivity (Wildman–Crippen MR) is 88.4 cm³/mol. The number of tetrazole rings is 1. The third kappa shape index (κ3) is 4.95. The van der Waals surface area contributed by atoms with Gasteiger partial charge in [0.2, 0.25) is 11.1 Å². The molecule has 1 aromatic carbocycles. The molecule has 0 fully saturated rings. The smallest absolute Gasteiger partial charge is 0.230 e. The Labute approximate surface area is 139 Å². The van der Waals surface area contributed by atoms with Crippen molar-refractivity contribution < 1.29 is 9.53 Å². The Balaban J connectivity index is 1.82. The van der Waals surface area contributed by atoms with Crippen molar-refractivity contribution in [2.24, 2.45) is 0 Å². The molecule has 7 nitrogen and oxygen atoms in total. The normalized spacial score (nSPS) is 11.3. The van der Waals surface area contributed by atoms with Crippen LogP contribution in [0.25, 0.3) is 0 Å². The summed E-state index contributed by atoms with van der Waals surface area (Å²) < 4.78 is 6.82. The summed E-state index contributed by atoms with van der Waals surface area (Å²) >= 11 is 1.32. The van der Waals surface area contributed by atoms with Crippen molar-refractivity contribution in [1.29, 1.82) is 0 Å². The quantitative estimate of drug-likeness (QED) is 0.811. The van der Waals surface area contributed by atoms with Gasteiger partial charge in [-0.25, -0.2) is 4.68 Å². The average Bonchev–Trinajstić information content (AvgIpc) is 3.00. The van der Waals surface area contributed by atoms with Crippen LogP contribution in [-0.2, 0) is 16.9 Å². The van der Waals surface area contributed by atoms with Gasteiger partial charge in [-0.3, -0.25) is 4.79 Å². The van der Waals surface area contributed by atoms with Crippen molar-refractivity contribution in [2.45, 2.75) is 38.0 Å². The highest BCUT2D eigenvalue weighted by Crippen LogP contribution is 2.21. The van der Waals surface area contributed by atoms with Crippen LogP contribution in [0.1, 0.15) is 26.3 Å². The van der Waals surface area contributed by atoms with Crippen LogP contribution < -0.4 is 10.1 Å². The maximum atomic E-state index is 12.0. The Bertz CT molecular complexity index is 649. The number of hydrogen-bond acceptors (Lipinski definition) is 6. The number of nitrogens with one attached hydrogen (secondary N) is 1. The minimum absolute atomic E-state index is 0.0609. The molecule has 1 aromatic heterocycles. The molecule has 1 heterocycles. The Kier molecular flexibility index (Phi) is 5.59. The van der Waals surface area contributed by atoms with Gasteiger partial charge in [0.05, 0.1) is 18.4 Å². The number of thioether (sulfide) groups is 1. The van der Waals surface area contributed by atoms with Crippen molar-refractivity contribution in [3.8, 4) is 5.75 Å². The number of methoxy groups -OCH3 is 1. The van der Waals surface area contributed by atoms with E-state index in [1.807, 2.05) is 45.0 Å². The van der Waals surface area contributed by atoms with E-state index in [1.165, 1.54) is 11.8 Å². The Hall–Kier alpha value is -2.09. The highest BCUT2D eigenvalue weighted by atomic mass is 32.2. The Morgan fingerprint density at radius 3 is 2.61 bits per heavy atom. The standard InChI is InChI=1S/C15H21N5O2S/c1-15(2,3)20-14(17-18-19-20)23-10-13(21)16-9-11-5-7-12(22-4)8-6-11/h5-8H,9-10H2,1-4H3,(H,16,21).